The highest BCUT2D eigenvalue weighted by Crippen LogP contribution is 2.26. The maximum atomic E-state index is 12.8. The number of rotatable bonds is 3. The lowest BCUT2D eigenvalue weighted by atomic mass is 10.1. The number of aliphatic hydroxyl groups is 1. The van der Waals surface area contributed by atoms with Gasteiger partial charge in [-0.2, -0.15) is 0 Å². The predicted molar refractivity (Wildman–Crippen MR) is 48.6 cm³/mol. The fourth-order valence-corrected chi connectivity index (χ4v) is 1.21. The van der Waals surface area contributed by atoms with Crippen molar-refractivity contribution in [2.75, 3.05) is 13.0 Å². The van der Waals surface area contributed by atoms with E-state index in [1.165, 1.54) is 25.3 Å². The lowest BCUT2D eigenvalue weighted by Gasteiger charge is -2.11. The van der Waals surface area contributed by atoms with Crippen molar-refractivity contribution >= 4 is 11.6 Å². The minimum absolute atomic E-state index is 0.0137. The summed E-state index contributed by atoms with van der Waals surface area (Å²) in [6.45, 7) is 0. The molecule has 0 aliphatic heterocycles. The Bertz CT molecular complexity index is 291. The molecular weight excluding hydrogens is 195 g/mol. The van der Waals surface area contributed by atoms with Gasteiger partial charge in [0.05, 0.1) is 19.1 Å². The van der Waals surface area contributed by atoms with Crippen LogP contribution >= 0.6 is 11.6 Å². The van der Waals surface area contributed by atoms with E-state index in [1.54, 1.807) is 0 Å². The second-order valence-corrected chi connectivity index (χ2v) is 2.86. The Morgan fingerprint density at radius 3 is 2.85 bits per heavy atom. The standard InChI is InChI=1S/C9H10ClFO2/c1-13-9-3-2-6(11)4-7(9)8(12)5-10/h2-4,8,12H,5H2,1H3. The molecule has 0 saturated heterocycles. The molecule has 0 spiro atoms. The maximum Gasteiger partial charge on any atom is 0.124 e. The first-order chi connectivity index (χ1) is 6.19. The summed E-state index contributed by atoms with van der Waals surface area (Å²) in [5.74, 6) is 0.0364. The number of hydrogen-bond donors (Lipinski definition) is 1. The van der Waals surface area contributed by atoms with E-state index < -0.39 is 11.9 Å². The van der Waals surface area contributed by atoms with Gasteiger partial charge in [-0.25, -0.2) is 4.39 Å². The average Bonchev–Trinajstić information content (AvgIpc) is 2.16. The molecule has 13 heavy (non-hydrogen) atoms. The van der Waals surface area contributed by atoms with Gasteiger partial charge in [-0.1, -0.05) is 0 Å². The van der Waals surface area contributed by atoms with E-state index in [0.717, 1.165) is 0 Å². The number of ether oxygens (including phenoxy) is 1. The third-order valence-corrected chi connectivity index (χ3v) is 1.99. The van der Waals surface area contributed by atoms with Crippen molar-refractivity contribution in [1.29, 1.82) is 0 Å². The summed E-state index contributed by atoms with van der Waals surface area (Å²) < 4.78 is 17.7. The van der Waals surface area contributed by atoms with Gasteiger partial charge in [0.15, 0.2) is 0 Å². The van der Waals surface area contributed by atoms with E-state index in [4.69, 9.17) is 16.3 Å². The summed E-state index contributed by atoms with van der Waals surface area (Å²) in [5.41, 5.74) is 0.373. The first-order valence-corrected chi connectivity index (χ1v) is 4.30. The topological polar surface area (TPSA) is 29.5 Å². The lowest BCUT2D eigenvalue weighted by molar-refractivity contribution is 0.197. The average molecular weight is 205 g/mol. The molecule has 1 aromatic rings. The van der Waals surface area contributed by atoms with Gasteiger partial charge in [0.1, 0.15) is 11.6 Å². The molecule has 1 rings (SSSR count). The SMILES string of the molecule is COc1ccc(F)cc1C(O)CCl. The second-order valence-electron chi connectivity index (χ2n) is 2.56. The Labute approximate surface area is 80.9 Å². The smallest absolute Gasteiger partial charge is 0.124 e. The fraction of sp³-hybridized carbons (Fsp3) is 0.333. The first-order valence-electron chi connectivity index (χ1n) is 3.76. The molecule has 0 heterocycles. The van der Waals surface area contributed by atoms with Crippen molar-refractivity contribution in [2.24, 2.45) is 0 Å². The Morgan fingerprint density at radius 2 is 2.31 bits per heavy atom. The quantitative estimate of drug-likeness (QED) is 0.765. The molecule has 0 aromatic heterocycles. The van der Waals surface area contributed by atoms with Crippen LogP contribution in [0.1, 0.15) is 11.7 Å². The molecular formula is C9H10ClFO2. The minimum atomic E-state index is -0.896. The zero-order valence-corrected chi connectivity index (χ0v) is 7.88. The molecule has 1 atom stereocenters. The van der Waals surface area contributed by atoms with E-state index in [1.807, 2.05) is 0 Å². The molecule has 2 nitrogen and oxygen atoms in total. The van der Waals surface area contributed by atoms with Gasteiger partial charge in [-0.15, -0.1) is 11.6 Å². The van der Waals surface area contributed by atoms with Gasteiger partial charge in [0.25, 0.3) is 0 Å². The van der Waals surface area contributed by atoms with Crippen molar-refractivity contribution < 1.29 is 14.2 Å². The van der Waals surface area contributed by atoms with E-state index in [9.17, 15) is 9.50 Å². The van der Waals surface area contributed by atoms with Crippen LogP contribution in [0.2, 0.25) is 0 Å². The Kier molecular flexibility index (Phi) is 3.51. The zero-order chi connectivity index (χ0) is 9.84. The van der Waals surface area contributed by atoms with Crippen molar-refractivity contribution in [2.45, 2.75) is 6.10 Å². The van der Waals surface area contributed by atoms with Crippen LogP contribution in [0.5, 0.6) is 5.75 Å². The molecule has 1 aromatic carbocycles. The molecule has 72 valence electrons. The van der Waals surface area contributed by atoms with Crippen molar-refractivity contribution in [3.05, 3.63) is 29.6 Å². The van der Waals surface area contributed by atoms with Gasteiger partial charge in [-0.05, 0) is 18.2 Å². The number of alkyl halides is 1. The summed E-state index contributed by atoms with van der Waals surface area (Å²) in [7, 11) is 1.46. The van der Waals surface area contributed by atoms with Gasteiger partial charge in [0, 0.05) is 5.56 Å². The van der Waals surface area contributed by atoms with E-state index >= 15 is 0 Å². The Balaban J connectivity index is 3.07. The predicted octanol–water partition coefficient (Wildman–Crippen LogP) is 2.11. The number of aliphatic hydroxyl groups excluding tert-OH is 1. The van der Waals surface area contributed by atoms with Gasteiger partial charge in [-0.3, -0.25) is 0 Å². The number of halogens is 2. The summed E-state index contributed by atoms with van der Waals surface area (Å²) >= 11 is 5.44. The third-order valence-electron chi connectivity index (χ3n) is 1.70. The third kappa shape index (κ3) is 2.32. The van der Waals surface area contributed by atoms with Crippen LogP contribution in [0.3, 0.4) is 0 Å². The van der Waals surface area contributed by atoms with E-state index in [2.05, 4.69) is 0 Å². The van der Waals surface area contributed by atoms with Gasteiger partial charge in [0.2, 0.25) is 0 Å². The minimum Gasteiger partial charge on any atom is -0.496 e. The van der Waals surface area contributed by atoms with Crippen molar-refractivity contribution in [1.82, 2.24) is 0 Å². The summed E-state index contributed by atoms with van der Waals surface area (Å²) in [5, 5.41) is 9.39. The van der Waals surface area contributed by atoms with Crippen molar-refractivity contribution in [3.63, 3.8) is 0 Å². The number of benzene rings is 1. The van der Waals surface area contributed by atoms with E-state index in [0.29, 0.717) is 11.3 Å². The molecule has 4 heteroatoms. The first kappa shape index (κ1) is 10.3. The Hall–Kier alpha value is -0.800. The monoisotopic (exact) mass is 204 g/mol. The molecule has 1 unspecified atom stereocenters. The number of hydrogen-bond acceptors (Lipinski definition) is 2. The normalized spacial score (nSPS) is 12.6. The summed E-state index contributed by atoms with van der Waals surface area (Å²) in [6, 6.07) is 3.94. The molecule has 0 aliphatic carbocycles. The molecule has 0 radical (unpaired) electrons. The molecule has 0 aliphatic rings. The fourth-order valence-electron chi connectivity index (χ4n) is 1.05. The summed E-state index contributed by atoms with van der Waals surface area (Å²) in [4.78, 5) is 0. The van der Waals surface area contributed by atoms with Crippen LogP contribution in [0.25, 0.3) is 0 Å². The van der Waals surface area contributed by atoms with Crippen LogP contribution in [0, 0.1) is 5.82 Å². The van der Waals surface area contributed by atoms with Crippen LogP contribution in [0.4, 0.5) is 4.39 Å². The molecule has 0 fully saturated rings. The lowest BCUT2D eigenvalue weighted by Crippen LogP contribution is -2.02. The largest absolute Gasteiger partial charge is 0.496 e. The van der Waals surface area contributed by atoms with Crippen LogP contribution in [-0.2, 0) is 0 Å². The van der Waals surface area contributed by atoms with Crippen LogP contribution < -0.4 is 4.74 Å². The zero-order valence-electron chi connectivity index (χ0n) is 7.13. The Morgan fingerprint density at radius 1 is 1.62 bits per heavy atom. The molecule has 0 amide bonds. The number of methoxy groups -OCH3 is 1. The highest BCUT2D eigenvalue weighted by molar-refractivity contribution is 6.18. The van der Waals surface area contributed by atoms with Crippen LogP contribution in [-0.4, -0.2) is 18.1 Å². The molecule has 1 N–H and O–H groups in total. The van der Waals surface area contributed by atoms with Crippen molar-refractivity contribution in [3.8, 4) is 5.75 Å². The molecule has 0 saturated carbocycles. The summed E-state index contributed by atoms with van der Waals surface area (Å²) in [6.07, 6.45) is -0.896. The van der Waals surface area contributed by atoms with Gasteiger partial charge < -0.3 is 9.84 Å². The highest BCUT2D eigenvalue weighted by atomic mass is 35.5. The van der Waals surface area contributed by atoms with Gasteiger partial charge >= 0.3 is 0 Å². The maximum absolute atomic E-state index is 12.8. The highest BCUT2D eigenvalue weighted by Gasteiger charge is 2.12. The molecule has 0 bridgehead atoms. The van der Waals surface area contributed by atoms with E-state index in [-0.39, 0.29) is 5.88 Å². The van der Waals surface area contributed by atoms with Crippen LogP contribution in [0.15, 0.2) is 18.2 Å². The second kappa shape index (κ2) is 4.44.